The van der Waals surface area contributed by atoms with Crippen LogP contribution in [0.25, 0.3) is 11.3 Å². The van der Waals surface area contributed by atoms with Gasteiger partial charge < -0.3 is 14.0 Å². The number of pyridine rings is 1. The van der Waals surface area contributed by atoms with Crippen molar-refractivity contribution in [2.75, 3.05) is 20.3 Å². The molecule has 4 heteroatoms. The van der Waals surface area contributed by atoms with E-state index in [1.165, 1.54) is 0 Å². The fourth-order valence-corrected chi connectivity index (χ4v) is 2.29. The molecule has 2 aromatic rings. The van der Waals surface area contributed by atoms with E-state index < -0.39 is 0 Å². The van der Waals surface area contributed by atoms with Gasteiger partial charge in [-0.05, 0) is 43.7 Å². The quantitative estimate of drug-likeness (QED) is 0.794. The molecule has 0 saturated carbocycles. The van der Waals surface area contributed by atoms with E-state index in [1.807, 2.05) is 44.2 Å². The Hall–Kier alpha value is -2.07. The molecule has 2 rings (SSSR count). The van der Waals surface area contributed by atoms with Crippen LogP contribution in [0, 0.1) is 13.8 Å². The van der Waals surface area contributed by atoms with E-state index in [1.54, 1.807) is 18.7 Å². The van der Waals surface area contributed by atoms with Crippen molar-refractivity contribution in [3.63, 3.8) is 0 Å². The maximum Gasteiger partial charge on any atom is 0.253 e. The lowest BCUT2D eigenvalue weighted by molar-refractivity contribution is 0.146. The lowest BCUT2D eigenvalue weighted by Crippen LogP contribution is -2.20. The van der Waals surface area contributed by atoms with Crippen molar-refractivity contribution in [2.24, 2.45) is 7.05 Å². The summed E-state index contributed by atoms with van der Waals surface area (Å²) in [5, 5.41) is 0. The summed E-state index contributed by atoms with van der Waals surface area (Å²) < 4.78 is 12.2. The number of hydrogen-bond donors (Lipinski definition) is 0. The summed E-state index contributed by atoms with van der Waals surface area (Å²) in [6.45, 7) is 4.93. The van der Waals surface area contributed by atoms with Crippen molar-refractivity contribution in [1.29, 1.82) is 0 Å². The number of aromatic nitrogens is 1. The van der Waals surface area contributed by atoms with E-state index in [9.17, 15) is 4.79 Å². The zero-order valence-electron chi connectivity index (χ0n) is 13.0. The highest BCUT2D eigenvalue weighted by Crippen LogP contribution is 2.26. The van der Waals surface area contributed by atoms with Gasteiger partial charge in [0.05, 0.1) is 12.3 Å². The summed E-state index contributed by atoms with van der Waals surface area (Å²) in [4.78, 5) is 12.0. The Morgan fingerprint density at radius 3 is 2.48 bits per heavy atom. The van der Waals surface area contributed by atoms with Crippen LogP contribution in [0.4, 0.5) is 0 Å². The highest BCUT2D eigenvalue weighted by atomic mass is 16.5. The smallest absolute Gasteiger partial charge is 0.253 e. The lowest BCUT2D eigenvalue weighted by Gasteiger charge is -2.13. The number of ether oxygens (including phenoxy) is 2. The molecule has 0 atom stereocenters. The predicted octanol–water partition coefficient (Wildman–Crippen LogP) is 2.69. The Labute approximate surface area is 124 Å². The highest BCUT2D eigenvalue weighted by molar-refractivity contribution is 5.65. The lowest BCUT2D eigenvalue weighted by atomic mass is 10.0. The van der Waals surface area contributed by atoms with Crippen molar-refractivity contribution in [3.8, 4) is 17.0 Å². The molecule has 1 aromatic heterocycles. The van der Waals surface area contributed by atoms with Gasteiger partial charge in [0.1, 0.15) is 12.4 Å². The van der Waals surface area contributed by atoms with Crippen LogP contribution in [0.1, 0.15) is 11.1 Å². The summed E-state index contributed by atoms with van der Waals surface area (Å²) in [6.07, 6.45) is 0. The van der Waals surface area contributed by atoms with Gasteiger partial charge in [0.2, 0.25) is 0 Å². The zero-order valence-corrected chi connectivity index (χ0v) is 13.0. The second-order valence-electron chi connectivity index (χ2n) is 5.08. The van der Waals surface area contributed by atoms with E-state index >= 15 is 0 Å². The van der Waals surface area contributed by atoms with Gasteiger partial charge in [0.15, 0.2) is 0 Å². The van der Waals surface area contributed by atoms with Crippen molar-refractivity contribution >= 4 is 0 Å². The van der Waals surface area contributed by atoms with Crippen molar-refractivity contribution in [3.05, 3.63) is 51.8 Å². The molecule has 0 aliphatic rings. The van der Waals surface area contributed by atoms with Gasteiger partial charge in [-0.3, -0.25) is 4.79 Å². The van der Waals surface area contributed by atoms with Gasteiger partial charge in [0.25, 0.3) is 5.56 Å². The van der Waals surface area contributed by atoms with Gasteiger partial charge in [-0.1, -0.05) is 6.07 Å². The SMILES string of the molecule is COCCOc1ccc(-c2ccc(C)c(=O)n2C)c(C)c1. The van der Waals surface area contributed by atoms with Crippen LogP contribution < -0.4 is 10.3 Å². The predicted molar refractivity (Wildman–Crippen MR) is 84.0 cm³/mol. The van der Waals surface area contributed by atoms with Crippen LogP contribution in [0.5, 0.6) is 5.75 Å². The second kappa shape index (κ2) is 6.59. The number of nitrogens with zero attached hydrogens (tertiary/aromatic N) is 1. The van der Waals surface area contributed by atoms with Crippen LogP contribution in [-0.4, -0.2) is 24.9 Å². The normalized spacial score (nSPS) is 10.7. The number of hydrogen-bond acceptors (Lipinski definition) is 3. The Bertz CT molecular complexity index is 689. The van der Waals surface area contributed by atoms with E-state index in [4.69, 9.17) is 9.47 Å². The molecule has 0 radical (unpaired) electrons. The largest absolute Gasteiger partial charge is 0.491 e. The molecule has 1 aromatic carbocycles. The average molecular weight is 287 g/mol. The van der Waals surface area contributed by atoms with Gasteiger partial charge in [-0.15, -0.1) is 0 Å². The van der Waals surface area contributed by atoms with Crippen LogP contribution in [0.2, 0.25) is 0 Å². The zero-order chi connectivity index (χ0) is 15.4. The molecule has 0 aliphatic carbocycles. The van der Waals surface area contributed by atoms with Crippen molar-refractivity contribution < 1.29 is 9.47 Å². The molecule has 0 N–H and O–H groups in total. The van der Waals surface area contributed by atoms with Crippen molar-refractivity contribution in [1.82, 2.24) is 4.57 Å². The number of methoxy groups -OCH3 is 1. The minimum atomic E-state index is 0.0346. The monoisotopic (exact) mass is 287 g/mol. The molecular formula is C17H21NO3. The third-order valence-corrected chi connectivity index (χ3v) is 3.52. The third-order valence-electron chi connectivity index (χ3n) is 3.52. The molecule has 1 heterocycles. The molecule has 21 heavy (non-hydrogen) atoms. The Kier molecular flexibility index (Phi) is 4.81. The fourth-order valence-electron chi connectivity index (χ4n) is 2.29. The molecular weight excluding hydrogens is 266 g/mol. The van der Waals surface area contributed by atoms with E-state index in [-0.39, 0.29) is 5.56 Å². The van der Waals surface area contributed by atoms with Gasteiger partial charge in [0, 0.05) is 25.3 Å². The number of aryl methyl sites for hydroxylation is 2. The van der Waals surface area contributed by atoms with Crippen LogP contribution >= 0.6 is 0 Å². The first kappa shape index (κ1) is 15.3. The maximum absolute atomic E-state index is 12.0. The van der Waals surface area contributed by atoms with Gasteiger partial charge >= 0.3 is 0 Å². The number of rotatable bonds is 5. The van der Waals surface area contributed by atoms with Gasteiger partial charge in [-0.25, -0.2) is 0 Å². The van der Waals surface area contributed by atoms with Gasteiger partial charge in [-0.2, -0.15) is 0 Å². The van der Waals surface area contributed by atoms with Crippen molar-refractivity contribution in [2.45, 2.75) is 13.8 Å². The Morgan fingerprint density at radius 2 is 1.81 bits per heavy atom. The van der Waals surface area contributed by atoms with E-state index in [0.29, 0.717) is 13.2 Å². The standard InChI is InChI=1S/C17H21NO3/c1-12-5-8-16(18(3)17(12)19)15-7-6-14(11-13(15)2)21-10-9-20-4/h5-8,11H,9-10H2,1-4H3. The topological polar surface area (TPSA) is 40.5 Å². The molecule has 0 amide bonds. The second-order valence-corrected chi connectivity index (χ2v) is 5.08. The van der Waals surface area contributed by atoms with E-state index in [0.717, 1.165) is 28.1 Å². The van der Waals surface area contributed by atoms with Crippen LogP contribution in [0.15, 0.2) is 35.1 Å². The summed E-state index contributed by atoms with van der Waals surface area (Å²) in [5.41, 5.74) is 3.80. The summed E-state index contributed by atoms with van der Waals surface area (Å²) in [6, 6.07) is 9.73. The third kappa shape index (κ3) is 3.34. The van der Waals surface area contributed by atoms with Crippen LogP contribution in [0.3, 0.4) is 0 Å². The molecule has 0 unspecified atom stereocenters. The summed E-state index contributed by atoms with van der Waals surface area (Å²) in [7, 11) is 3.45. The number of benzene rings is 1. The maximum atomic E-state index is 12.0. The Balaban J connectivity index is 2.33. The first-order chi connectivity index (χ1) is 10.0. The van der Waals surface area contributed by atoms with Crippen LogP contribution in [-0.2, 0) is 11.8 Å². The molecule has 0 bridgehead atoms. The van der Waals surface area contributed by atoms with E-state index in [2.05, 4.69) is 0 Å². The molecule has 0 spiro atoms. The molecule has 112 valence electrons. The molecule has 4 nitrogen and oxygen atoms in total. The Morgan fingerprint density at radius 1 is 1.05 bits per heavy atom. The fraction of sp³-hybridized carbons (Fsp3) is 0.353. The summed E-state index contributed by atoms with van der Waals surface area (Å²) in [5.74, 6) is 0.811. The molecule has 0 aliphatic heterocycles. The molecule has 0 saturated heterocycles. The minimum absolute atomic E-state index is 0.0346. The first-order valence-corrected chi connectivity index (χ1v) is 6.94. The first-order valence-electron chi connectivity index (χ1n) is 6.94. The summed E-state index contributed by atoms with van der Waals surface area (Å²) >= 11 is 0. The average Bonchev–Trinajstić information content (AvgIpc) is 2.46. The highest BCUT2D eigenvalue weighted by Gasteiger charge is 2.08. The minimum Gasteiger partial charge on any atom is -0.491 e. The molecule has 0 fully saturated rings.